The minimum atomic E-state index is -0.453. The molecule has 0 atom stereocenters. The van der Waals surface area contributed by atoms with Crippen molar-refractivity contribution in [2.24, 2.45) is 0 Å². The first-order valence-electron chi connectivity index (χ1n) is 2.96. The SMILES string of the molecule is CC(=O)Oc1nc(Cl)ncc1Br. The highest BCUT2D eigenvalue weighted by molar-refractivity contribution is 9.10. The van der Waals surface area contributed by atoms with E-state index in [0.29, 0.717) is 4.47 Å². The third kappa shape index (κ3) is 2.42. The van der Waals surface area contributed by atoms with Gasteiger partial charge in [-0.25, -0.2) is 4.98 Å². The first-order valence-corrected chi connectivity index (χ1v) is 4.13. The highest BCUT2D eigenvalue weighted by atomic mass is 79.9. The summed E-state index contributed by atoms with van der Waals surface area (Å²) in [5.41, 5.74) is 0. The molecule has 0 bridgehead atoms. The third-order valence-corrected chi connectivity index (χ3v) is 1.65. The highest BCUT2D eigenvalue weighted by Gasteiger charge is 2.06. The van der Waals surface area contributed by atoms with E-state index < -0.39 is 5.97 Å². The molecule has 4 nitrogen and oxygen atoms in total. The summed E-state index contributed by atoms with van der Waals surface area (Å²) < 4.78 is 5.19. The molecule has 0 saturated heterocycles. The second-order valence-electron chi connectivity index (χ2n) is 1.89. The number of aromatic nitrogens is 2. The largest absolute Gasteiger partial charge is 0.406 e. The van der Waals surface area contributed by atoms with Crippen LogP contribution in [0.4, 0.5) is 0 Å². The second-order valence-corrected chi connectivity index (χ2v) is 3.08. The molecule has 1 aromatic heterocycles. The number of carbonyl (C=O) groups excluding carboxylic acids is 1. The summed E-state index contributed by atoms with van der Waals surface area (Å²) in [4.78, 5) is 17.9. The quantitative estimate of drug-likeness (QED) is 0.564. The fraction of sp³-hybridized carbons (Fsp3) is 0.167. The van der Waals surface area contributed by atoms with E-state index in [4.69, 9.17) is 16.3 Å². The van der Waals surface area contributed by atoms with Crippen LogP contribution >= 0.6 is 27.5 Å². The lowest BCUT2D eigenvalue weighted by Crippen LogP contribution is -2.04. The number of rotatable bonds is 1. The molecular weight excluding hydrogens is 247 g/mol. The number of nitrogens with zero attached hydrogens (tertiary/aromatic N) is 2. The Balaban J connectivity index is 2.97. The summed E-state index contributed by atoms with van der Waals surface area (Å²) in [6.07, 6.45) is 1.41. The fourth-order valence-corrected chi connectivity index (χ4v) is 0.936. The lowest BCUT2D eigenvalue weighted by atomic mass is 10.6. The van der Waals surface area contributed by atoms with Gasteiger partial charge in [0.1, 0.15) is 0 Å². The molecule has 0 spiro atoms. The van der Waals surface area contributed by atoms with E-state index in [-0.39, 0.29) is 11.2 Å². The van der Waals surface area contributed by atoms with Gasteiger partial charge in [0.05, 0.1) is 4.47 Å². The van der Waals surface area contributed by atoms with Gasteiger partial charge in [-0.3, -0.25) is 4.79 Å². The Morgan fingerprint density at radius 2 is 2.42 bits per heavy atom. The number of halogens is 2. The molecule has 0 N–H and O–H groups in total. The molecule has 64 valence electrons. The van der Waals surface area contributed by atoms with Crippen LogP contribution < -0.4 is 4.74 Å². The Bertz CT molecular complexity index is 318. The van der Waals surface area contributed by atoms with Gasteiger partial charge in [-0.1, -0.05) is 0 Å². The molecule has 1 aromatic rings. The van der Waals surface area contributed by atoms with E-state index >= 15 is 0 Å². The van der Waals surface area contributed by atoms with E-state index in [1.165, 1.54) is 13.1 Å². The van der Waals surface area contributed by atoms with E-state index in [0.717, 1.165) is 0 Å². The maximum atomic E-state index is 10.5. The average Bonchev–Trinajstić information content (AvgIpc) is 1.96. The minimum absolute atomic E-state index is 0.0365. The lowest BCUT2D eigenvalue weighted by Gasteiger charge is -2.00. The minimum Gasteiger partial charge on any atom is -0.406 e. The van der Waals surface area contributed by atoms with Gasteiger partial charge in [-0.05, 0) is 27.5 Å². The molecule has 0 aromatic carbocycles. The topological polar surface area (TPSA) is 52.1 Å². The zero-order chi connectivity index (χ0) is 9.14. The highest BCUT2D eigenvalue weighted by Crippen LogP contribution is 2.22. The van der Waals surface area contributed by atoms with Crippen molar-refractivity contribution in [1.82, 2.24) is 9.97 Å². The van der Waals surface area contributed by atoms with Crippen molar-refractivity contribution in [3.05, 3.63) is 16.0 Å². The lowest BCUT2D eigenvalue weighted by molar-refractivity contribution is -0.132. The van der Waals surface area contributed by atoms with Crippen molar-refractivity contribution >= 4 is 33.5 Å². The molecule has 0 radical (unpaired) electrons. The number of hydrogen-bond acceptors (Lipinski definition) is 4. The summed E-state index contributed by atoms with van der Waals surface area (Å²) in [5.74, 6) is -0.326. The smallest absolute Gasteiger partial charge is 0.309 e. The van der Waals surface area contributed by atoms with Crippen molar-refractivity contribution < 1.29 is 9.53 Å². The van der Waals surface area contributed by atoms with Gasteiger partial charge in [0.25, 0.3) is 0 Å². The Hall–Kier alpha value is -0.680. The number of carbonyl (C=O) groups is 1. The summed E-state index contributed by atoms with van der Waals surface area (Å²) in [6.45, 7) is 1.28. The molecule has 0 amide bonds. The average molecular weight is 251 g/mol. The van der Waals surface area contributed by atoms with Crippen molar-refractivity contribution in [2.45, 2.75) is 6.92 Å². The molecule has 0 fully saturated rings. The van der Waals surface area contributed by atoms with E-state index in [2.05, 4.69) is 25.9 Å². The zero-order valence-corrected chi connectivity index (χ0v) is 8.39. The predicted octanol–water partition coefficient (Wildman–Crippen LogP) is 1.82. The van der Waals surface area contributed by atoms with E-state index in [9.17, 15) is 4.79 Å². The molecule has 1 rings (SSSR count). The first-order chi connectivity index (χ1) is 5.59. The Morgan fingerprint density at radius 1 is 1.75 bits per heavy atom. The number of esters is 1. The van der Waals surface area contributed by atoms with Crippen LogP contribution in [-0.4, -0.2) is 15.9 Å². The molecule has 1 heterocycles. The third-order valence-electron chi connectivity index (χ3n) is 0.923. The van der Waals surface area contributed by atoms with Crippen molar-refractivity contribution in [2.75, 3.05) is 0 Å². The van der Waals surface area contributed by atoms with Crippen LogP contribution in [0.2, 0.25) is 5.28 Å². The van der Waals surface area contributed by atoms with Crippen molar-refractivity contribution in [1.29, 1.82) is 0 Å². The fourth-order valence-electron chi connectivity index (χ4n) is 0.539. The van der Waals surface area contributed by atoms with Gasteiger partial charge < -0.3 is 4.74 Å². The molecule has 12 heavy (non-hydrogen) atoms. The molecule has 0 unspecified atom stereocenters. The van der Waals surface area contributed by atoms with Gasteiger partial charge in [-0.15, -0.1) is 0 Å². The Labute approximate surface area is 82.0 Å². The van der Waals surface area contributed by atoms with Gasteiger partial charge in [0.15, 0.2) is 0 Å². The van der Waals surface area contributed by atoms with Gasteiger partial charge >= 0.3 is 5.97 Å². The predicted molar refractivity (Wildman–Crippen MR) is 46.1 cm³/mol. The molecule has 0 aliphatic heterocycles. The summed E-state index contributed by atoms with van der Waals surface area (Å²) >= 11 is 8.56. The zero-order valence-electron chi connectivity index (χ0n) is 6.04. The van der Waals surface area contributed by atoms with Crippen LogP contribution in [0, 0.1) is 0 Å². The van der Waals surface area contributed by atoms with Crippen LogP contribution in [0.1, 0.15) is 6.92 Å². The number of ether oxygens (including phenoxy) is 1. The molecule has 0 saturated carbocycles. The second kappa shape index (κ2) is 3.82. The van der Waals surface area contributed by atoms with Gasteiger partial charge in [0.2, 0.25) is 11.2 Å². The van der Waals surface area contributed by atoms with Crippen LogP contribution in [0.25, 0.3) is 0 Å². The monoisotopic (exact) mass is 250 g/mol. The summed E-state index contributed by atoms with van der Waals surface area (Å²) in [6, 6.07) is 0. The molecule has 0 aliphatic carbocycles. The summed E-state index contributed by atoms with van der Waals surface area (Å²) in [7, 11) is 0. The molecule has 0 aliphatic rings. The maximum Gasteiger partial charge on any atom is 0.309 e. The van der Waals surface area contributed by atoms with Crippen LogP contribution in [-0.2, 0) is 4.79 Å². The van der Waals surface area contributed by atoms with Crippen molar-refractivity contribution in [3.63, 3.8) is 0 Å². The van der Waals surface area contributed by atoms with Gasteiger partial charge in [0, 0.05) is 13.1 Å². The first kappa shape index (κ1) is 9.41. The Morgan fingerprint density at radius 3 is 3.00 bits per heavy atom. The standard InChI is InChI=1S/C6H4BrClN2O2/c1-3(11)12-5-4(7)2-9-6(8)10-5/h2H,1H3. The van der Waals surface area contributed by atoms with Crippen LogP contribution in [0.5, 0.6) is 5.88 Å². The van der Waals surface area contributed by atoms with Gasteiger partial charge in [-0.2, -0.15) is 4.98 Å². The number of hydrogen-bond donors (Lipinski definition) is 0. The van der Waals surface area contributed by atoms with E-state index in [1.807, 2.05) is 0 Å². The molecule has 6 heteroatoms. The Kier molecular flexibility index (Phi) is 2.99. The molecular formula is C6H4BrClN2O2. The van der Waals surface area contributed by atoms with E-state index in [1.54, 1.807) is 0 Å². The van der Waals surface area contributed by atoms with Crippen molar-refractivity contribution in [3.8, 4) is 5.88 Å². The maximum absolute atomic E-state index is 10.5. The normalized spacial score (nSPS) is 9.58. The summed E-state index contributed by atoms with van der Waals surface area (Å²) in [5, 5.41) is 0.0365. The van der Waals surface area contributed by atoms with Crippen LogP contribution in [0.3, 0.4) is 0 Å². The van der Waals surface area contributed by atoms with Crippen LogP contribution in [0.15, 0.2) is 10.7 Å².